The first-order valence-electron chi connectivity index (χ1n) is 5.94. The summed E-state index contributed by atoms with van der Waals surface area (Å²) in [4.78, 5) is 16.1. The molecule has 1 aromatic heterocycles. The topological polar surface area (TPSA) is 42.0 Å². The SMILES string of the molecule is Cc1csc(CCNC(=O)C2CCCC2)n1. The second kappa shape index (κ2) is 5.43. The van der Waals surface area contributed by atoms with E-state index in [1.54, 1.807) is 11.3 Å². The zero-order chi connectivity index (χ0) is 11.4. The molecule has 0 spiro atoms. The molecule has 0 saturated heterocycles. The van der Waals surface area contributed by atoms with Gasteiger partial charge in [0.2, 0.25) is 5.91 Å². The average Bonchev–Trinajstić information content (AvgIpc) is 2.89. The van der Waals surface area contributed by atoms with Gasteiger partial charge >= 0.3 is 0 Å². The van der Waals surface area contributed by atoms with E-state index in [2.05, 4.69) is 10.3 Å². The third-order valence-corrected chi connectivity index (χ3v) is 4.06. The van der Waals surface area contributed by atoms with Crippen LogP contribution in [0.25, 0.3) is 0 Å². The van der Waals surface area contributed by atoms with E-state index in [0.717, 1.165) is 36.5 Å². The Labute approximate surface area is 100 Å². The highest BCUT2D eigenvalue weighted by atomic mass is 32.1. The highest BCUT2D eigenvalue weighted by molar-refractivity contribution is 7.09. The second-order valence-electron chi connectivity index (χ2n) is 4.41. The summed E-state index contributed by atoms with van der Waals surface area (Å²) in [6.45, 7) is 2.72. The lowest BCUT2D eigenvalue weighted by Gasteiger charge is -2.09. The molecule has 1 heterocycles. The highest BCUT2D eigenvalue weighted by Crippen LogP contribution is 2.24. The molecular weight excluding hydrogens is 220 g/mol. The minimum absolute atomic E-state index is 0.241. The number of rotatable bonds is 4. The Kier molecular flexibility index (Phi) is 3.93. The van der Waals surface area contributed by atoms with Crippen LogP contribution in [0.4, 0.5) is 0 Å². The molecule has 0 unspecified atom stereocenters. The number of nitrogens with one attached hydrogen (secondary N) is 1. The van der Waals surface area contributed by atoms with Crippen molar-refractivity contribution < 1.29 is 4.79 Å². The fraction of sp³-hybridized carbons (Fsp3) is 0.667. The maximum absolute atomic E-state index is 11.7. The standard InChI is InChI=1S/C12H18N2OS/c1-9-8-16-11(14-9)6-7-13-12(15)10-4-2-3-5-10/h8,10H,2-7H2,1H3,(H,13,15). The number of amides is 1. The maximum atomic E-state index is 11.7. The summed E-state index contributed by atoms with van der Waals surface area (Å²) >= 11 is 1.67. The summed E-state index contributed by atoms with van der Waals surface area (Å²) in [5.74, 6) is 0.517. The van der Waals surface area contributed by atoms with Gasteiger partial charge in [-0.15, -0.1) is 11.3 Å². The summed E-state index contributed by atoms with van der Waals surface area (Å²) in [7, 11) is 0. The molecule has 1 fully saturated rings. The largest absolute Gasteiger partial charge is 0.355 e. The molecule has 1 N–H and O–H groups in total. The van der Waals surface area contributed by atoms with Crippen molar-refractivity contribution in [3.05, 3.63) is 16.1 Å². The number of thiazole rings is 1. The van der Waals surface area contributed by atoms with Gasteiger partial charge in [0.05, 0.1) is 5.01 Å². The molecule has 1 aliphatic rings. The molecule has 3 nitrogen and oxygen atoms in total. The van der Waals surface area contributed by atoms with Gasteiger partial charge in [0.1, 0.15) is 0 Å². The molecule has 16 heavy (non-hydrogen) atoms. The zero-order valence-electron chi connectivity index (χ0n) is 9.66. The second-order valence-corrected chi connectivity index (χ2v) is 5.35. The third-order valence-electron chi connectivity index (χ3n) is 3.03. The summed E-state index contributed by atoms with van der Waals surface area (Å²) in [6, 6.07) is 0. The number of nitrogens with zero attached hydrogens (tertiary/aromatic N) is 1. The quantitative estimate of drug-likeness (QED) is 0.874. The van der Waals surface area contributed by atoms with Gasteiger partial charge in [-0.25, -0.2) is 4.98 Å². The molecule has 0 aliphatic heterocycles. The van der Waals surface area contributed by atoms with Crippen LogP contribution in [0.2, 0.25) is 0 Å². The van der Waals surface area contributed by atoms with Crippen LogP contribution >= 0.6 is 11.3 Å². The van der Waals surface area contributed by atoms with E-state index in [-0.39, 0.29) is 11.8 Å². The van der Waals surface area contributed by atoms with Crippen LogP contribution in [0.15, 0.2) is 5.38 Å². The monoisotopic (exact) mass is 238 g/mol. The van der Waals surface area contributed by atoms with Crippen molar-refractivity contribution in [2.45, 2.75) is 39.0 Å². The molecular formula is C12H18N2OS. The zero-order valence-corrected chi connectivity index (χ0v) is 10.5. The van der Waals surface area contributed by atoms with Crippen LogP contribution in [-0.4, -0.2) is 17.4 Å². The van der Waals surface area contributed by atoms with Crippen LogP contribution in [0.5, 0.6) is 0 Å². The van der Waals surface area contributed by atoms with Crippen molar-refractivity contribution in [3.8, 4) is 0 Å². The Balaban J connectivity index is 1.69. The van der Waals surface area contributed by atoms with Crippen LogP contribution in [0.3, 0.4) is 0 Å². The van der Waals surface area contributed by atoms with Crippen molar-refractivity contribution in [1.29, 1.82) is 0 Å². The van der Waals surface area contributed by atoms with Crippen LogP contribution in [0, 0.1) is 12.8 Å². The first-order chi connectivity index (χ1) is 7.75. The summed E-state index contributed by atoms with van der Waals surface area (Å²) in [6.07, 6.45) is 5.43. The lowest BCUT2D eigenvalue weighted by molar-refractivity contribution is -0.124. The van der Waals surface area contributed by atoms with Gasteiger partial charge in [-0.3, -0.25) is 4.79 Å². The fourth-order valence-electron chi connectivity index (χ4n) is 2.14. The average molecular weight is 238 g/mol. The van der Waals surface area contributed by atoms with Crippen molar-refractivity contribution in [1.82, 2.24) is 10.3 Å². The molecule has 4 heteroatoms. The van der Waals surface area contributed by atoms with Crippen molar-refractivity contribution in [2.24, 2.45) is 5.92 Å². The Morgan fingerprint density at radius 2 is 2.31 bits per heavy atom. The molecule has 2 rings (SSSR count). The van der Waals surface area contributed by atoms with Crippen LogP contribution in [-0.2, 0) is 11.2 Å². The van der Waals surface area contributed by atoms with Crippen molar-refractivity contribution in [2.75, 3.05) is 6.54 Å². The van der Waals surface area contributed by atoms with Crippen molar-refractivity contribution >= 4 is 17.2 Å². The van der Waals surface area contributed by atoms with Gasteiger partial charge in [-0.1, -0.05) is 12.8 Å². The number of aromatic nitrogens is 1. The van der Waals surface area contributed by atoms with Gasteiger partial charge in [0.15, 0.2) is 0 Å². The minimum Gasteiger partial charge on any atom is -0.355 e. The van der Waals surface area contributed by atoms with Gasteiger partial charge in [-0.2, -0.15) is 0 Å². The Morgan fingerprint density at radius 1 is 1.56 bits per heavy atom. The summed E-state index contributed by atoms with van der Waals surface area (Å²) in [5, 5.41) is 6.17. The van der Waals surface area contributed by atoms with Gasteiger partial charge < -0.3 is 5.32 Å². The van der Waals surface area contributed by atoms with E-state index in [9.17, 15) is 4.79 Å². The maximum Gasteiger partial charge on any atom is 0.223 e. The molecule has 88 valence electrons. The van der Waals surface area contributed by atoms with E-state index in [1.807, 2.05) is 12.3 Å². The van der Waals surface area contributed by atoms with Crippen LogP contribution in [0.1, 0.15) is 36.4 Å². The Bertz CT molecular complexity index is 356. The predicted octanol–water partition coefficient (Wildman–Crippen LogP) is 2.30. The molecule has 1 aliphatic carbocycles. The van der Waals surface area contributed by atoms with Crippen LogP contribution < -0.4 is 5.32 Å². The predicted molar refractivity (Wildman–Crippen MR) is 65.5 cm³/mol. The smallest absolute Gasteiger partial charge is 0.223 e. The van der Waals surface area contributed by atoms with Crippen molar-refractivity contribution in [3.63, 3.8) is 0 Å². The van der Waals surface area contributed by atoms with E-state index >= 15 is 0 Å². The first-order valence-corrected chi connectivity index (χ1v) is 6.82. The normalized spacial score (nSPS) is 16.6. The first kappa shape index (κ1) is 11.6. The van der Waals surface area contributed by atoms with Gasteiger partial charge in [0, 0.05) is 30.0 Å². The molecule has 0 aromatic carbocycles. The molecule has 0 bridgehead atoms. The minimum atomic E-state index is 0.241. The number of carbonyl (C=O) groups is 1. The lowest BCUT2D eigenvalue weighted by atomic mass is 10.1. The summed E-state index contributed by atoms with van der Waals surface area (Å²) < 4.78 is 0. The Hall–Kier alpha value is -0.900. The van der Waals surface area contributed by atoms with E-state index in [0.29, 0.717) is 0 Å². The molecule has 0 atom stereocenters. The third kappa shape index (κ3) is 3.04. The lowest BCUT2D eigenvalue weighted by Crippen LogP contribution is -2.30. The summed E-state index contributed by atoms with van der Waals surface area (Å²) in [5.41, 5.74) is 1.07. The van der Waals surface area contributed by atoms with E-state index < -0.39 is 0 Å². The Morgan fingerprint density at radius 3 is 2.94 bits per heavy atom. The molecule has 1 saturated carbocycles. The fourth-order valence-corrected chi connectivity index (χ4v) is 2.92. The van der Waals surface area contributed by atoms with Gasteiger partial charge in [0.25, 0.3) is 0 Å². The number of hydrogen-bond donors (Lipinski definition) is 1. The number of hydrogen-bond acceptors (Lipinski definition) is 3. The highest BCUT2D eigenvalue weighted by Gasteiger charge is 2.21. The number of carbonyl (C=O) groups excluding carboxylic acids is 1. The van der Waals surface area contributed by atoms with E-state index in [1.165, 1.54) is 12.8 Å². The molecule has 0 radical (unpaired) electrons. The molecule has 1 amide bonds. The van der Waals surface area contributed by atoms with E-state index in [4.69, 9.17) is 0 Å². The number of aryl methyl sites for hydroxylation is 1. The van der Waals surface area contributed by atoms with Gasteiger partial charge in [-0.05, 0) is 19.8 Å². The molecule has 1 aromatic rings.